The third-order valence-corrected chi connectivity index (χ3v) is 3.17. The minimum Gasteiger partial charge on any atom is -0.384 e. The minimum atomic E-state index is 0.121. The molecule has 18 heavy (non-hydrogen) atoms. The Morgan fingerprint density at radius 2 is 1.83 bits per heavy atom. The van der Waals surface area contributed by atoms with Gasteiger partial charge in [-0.05, 0) is 19.4 Å². The van der Waals surface area contributed by atoms with Gasteiger partial charge in [0, 0.05) is 25.2 Å². The lowest BCUT2D eigenvalue weighted by atomic mass is 10.1. The Morgan fingerprint density at radius 3 is 2.33 bits per heavy atom. The van der Waals surface area contributed by atoms with E-state index in [4.69, 9.17) is 15.9 Å². The van der Waals surface area contributed by atoms with E-state index in [0.29, 0.717) is 12.2 Å². The second-order valence-corrected chi connectivity index (χ2v) is 5.06. The molecule has 4 heteroatoms. The van der Waals surface area contributed by atoms with E-state index < -0.39 is 0 Å². The number of amidine groups is 1. The Kier molecular flexibility index (Phi) is 3.99. The molecule has 1 saturated heterocycles. The largest absolute Gasteiger partial charge is 0.384 e. The number of ether oxygens (including phenoxy) is 1. The molecule has 0 amide bonds. The zero-order valence-electron chi connectivity index (χ0n) is 11.0. The molecule has 2 unspecified atom stereocenters. The number of nitrogens with one attached hydrogen (secondary N) is 1. The Balaban J connectivity index is 1.98. The molecule has 0 spiro atoms. The number of benzene rings is 1. The summed E-state index contributed by atoms with van der Waals surface area (Å²) in [6.45, 7) is 7.09. The van der Waals surface area contributed by atoms with Gasteiger partial charge in [-0.2, -0.15) is 0 Å². The number of hydrogen-bond donors (Lipinski definition) is 2. The molecule has 98 valence electrons. The van der Waals surface area contributed by atoms with Crippen LogP contribution in [0.1, 0.15) is 25.0 Å². The van der Waals surface area contributed by atoms with Crippen molar-refractivity contribution in [2.75, 3.05) is 13.1 Å². The Hall–Kier alpha value is -1.39. The SMILES string of the molecule is CC1CN(Cc2ccc(C(=N)N)cc2)CC(C)O1. The average molecular weight is 247 g/mol. The van der Waals surface area contributed by atoms with E-state index in [1.165, 1.54) is 5.56 Å². The van der Waals surface area contributed by atoms with Crippen LogP contribution in [0.25, 0.3) is 0 Å². The standard InChI is InChI=1S/C14H21N3O/c1-10-7-17(8-11(2)18-10)9-12-3-5-13(6-4-12)14(15)16/h3-6,10-11H,7-9H2,1-2H3,(H3,15,16). The third-order valence-electron chi connectivity index (χ3n) is 3.17. The van der Waals surface area contributed by atoms with Gasteiger partial charge in [0.2, 0.25) is 0 Å². The topological polar surface area (TPSA) is 62.3 Å². The van der Waals surface area contributed by atoms with E-state index in [9.17, 15) is 0 Å². The van der Waals surface area contributed by atoms with Crippen LogP contribution in [0.4, 0.5) is 0 Å². The first-order chi connectivity index (χ1) is 8.54. The van der Waals surface area contributed by atoms with Gasteiger partial charge >= 0.3 is 0 Å². The van der Waals surface area contributed by atoms with Crippen LogP contribution >= 0.6 is 0 Å². The van der Waals surface area contributed by atoms with Crippen LogP contribution in [0.15, 0.2) is 24.3 Å². The van der Waals surface area contributed by atoms with Crippen LogP contribution in [0.3, 0.4) is 0 Å². The fourth-order valence-corrected chi connectivity index (χ4v) is 2.46. The molecule has 2 atom stereocenters. The van der Waals surface area contributed by atoms with Crippen molar-refractivity contribution in [3.8, 4) is 0 Å². The third kappa shape index (κ3) is 3.31. The van der Waals surface area contributed by atoms with Gasteiger partial charge < -0.3 is 10.5 Å². The summed E-state index contributed by atoms with van der Waals surface area (Å²) in [6, 6.07) is 7.90. The van der Waals surface area contributed by atoms with Crippen molar-refractivity contribution in [1.29, 1.82) is 5.41 Å². The predicted octanol–water partition coefficient (Wildman–Crippen LogP) is 1.58. The lowest BCUT2D eigenvalue weighted by Gasteiger charge is -2.35. The quantitative estimate of drug-likeness (QED) is 0.629. The van der Waals surface area contributed by atoms with Gasteiger partial charge in [-0.1, -0.05) is 24.3 Å². The van der Waals surface area contributed by atoms with Crippen molar-refractivity contribution in [3.63, 3.8) is 0 Å². The first-order valence-corrected chi connectivity index (χ1v) is 6.35. The fraction of sp³-hybridized carbons (Fsp3) is 0.500. The molecule has 0 aliphatic carbocycles. The lowest BCUT2D eigenvalue weighted by Crippen LogP contribution is -2.44. The molecule has 1 fully saturated rings. The monoisotopic (exact) mass is 247 g/mol. The Bertz CT molecular complexity index is 406. The first-order valence-electron chi connectivity index (χ1n) is 6.35. The second-order valence-electron chi connectivity index (χ2n) is 5.06. The molecule has 0 radical (unpaired) electrons. The molecule has 2 rings (SSSR count). The van der Waals surface area contributed by atoms with Crippen LogP contribution < -0.4 is 5.73 Å². The summed E-state index contributed by atoms with van der Waals surface area (Å²) in [6.07, 6.45) is 0.593. The molecule has 0 aromatic heterocycles. The zero-order valence-corrected chi connectivity index (χ0v) is 11.0. The van der Waals surface area contributed by atoms with Crippen LogP contribution in [0.5, 0.6) is 0 Å². The Morgan fingerprint density at radius 1 is 1.28 bits per heavy atom. The average Bonchev–Trinajstić information content (AvgIpc) is 2.28. The smallest absolute Gasteiger partial charge is 0.122 e. The van der Waals surface area contributed by atoms with Crippen molar-refractivity contribution in [1.82, 2.24) is 4.90 Å². The Labute approximate surface area is 108 Å². The highest BCUT2D eigenvalue weighted by molar-refractivity contribution is 5.94. The molecule has 1 aliphatic rings. The number of nitrogens with two attached hydrogens (primary N) is 1. The van der Waals surface area contributed by atoms with E-state index in [1.54, 1.807) is 0 Å². The maximum atomic E-state index is 7.36. The summed E-state index contributed by atoms with van der Waals surface area (Å²) in [5, 5.41) is 7.36. The molecule has 4 nitrogen and oxygen atoms in total. The first kappa shape index (κ1) is 13.1. The normalized spacial score (nSPS) is 25.0. The molecule has 1 aromatic rings. The summed E-state index contributed by atoms with van der Waals surface area (Å²) in [5.74, 6) is 0.121. The number of nitrogen functional groups attached to an aromatic ring is 1. The molecule has 0 bridgehead atoms. The van der Waals surface area contributed by atoms with E-state index in [0.717, 1.165) is 25.2 Å². The van der Waals surface area contributed by atoms with Crippen molar-refractivity contribution in [2.45, 2.75) is 32.6 Å². The van der Waals surface area contributed by atoms with E-state index in [2.05, 4.69) is 18.7 Å². The van der Waals surface area contributed by atoms with Gasteiger partial charge in [0.25, 0.3) is 0 Å². The number of hydrogen-bond acceptors (Lipinski definition) is 3. The molecule has 1 aliphatic heterocycles. The van der Waals surface area contributed by atoms with Crippen LogP contribution in [0, 0.1) is 5.41 Å². The highest BCUT2D eigenvalue weighted by Crippen LogP contribution is 2.14. The zero-order chi connectivity index (χ0) is 13.1. The molecule has 1 aromatic carbocycles. The van der Waals surface area contributed by atoms with Gasteiger partial charge in [0.05, 0.1) is 12.2 Å². The number of rotatable bonds is 3. The summed E-state index contributed by atoms with van der Waals surface area (Å²) >= 11 is 0. The molecule has 1 heterocycles. The molecule has 3 N–H and O–H groups in total. The van der Waals surface area contributed by atoms with Crippen LogP contribution in [0.2, 0.25) is 0 Å². The minimum absolute atomic E-state index is 0.121. The lowest BCUT2D eigenvalue weighted by molar-refractivity contribution is -0.0704. The maximum Gasteiger partial charge on any atom is 0.122 e. The highest BCUT2D eigenvalue weighted by atomic mass is 16.5. The van der Waals surface area contributed by atoms with Gasteiger partial charge in [-0.15, -0.1) is 0 Å². The van der Waals surface area contributed by atoms with Gasteiger partial charge in [0.1, 0.15) is 5.84 Å². The van der Waals surface area contributed by atoms with E-state index >= 15 is 0 Å². The van der Waals surface area contributed by atoms with E-state index in [1.807, 2.05) is 24.3 Å². The van der Waals surface area contributed by atoms with Crippen molar-refractivity contribution in [3.05, 3.63) is 35.4 Å². The van der Waals surface area contributed by atoms with Crippen LogP contribution in [-0.2, 0) is 11.3 Å². The molecular formula is C14H21N3O. The van der Waals surface area contributed by atoms with Gasteiger partial charge in [-0.25, -0.2) is 0 Å². The summed E-state index contributed by atoms with van der Waals surface area (Å²) < 4.78 is 5.72. The van der Waals surface area contributed by atoms with Gasteiger partial charge in [0.15, 0.2) is 0 Å². The highest BCUT2D eigenvalue weighted by Gasteiger charge is 2.21. The van der Waals surface area contributed by atoms with Crippen molar-refractivity contribution < 1.29 is 4.74 Å². The summed E-state index contributed by atoms with van der Waals surface area (Å²) in [4.78, 5) is 2.40. The molecule has 0 saturated carbocycles. The molecular weight excluding hydrogens is 226 g/mol. The van der Waals surface area contributed by atoms with Crippen molar-refractivity contribution >= 4 is 5.84 Å². The van der Waals surface area contributed by atoms with Gasteiger partial charge in [-0.3, -0.25) is 10.3 Å². The summed E-state index contributed by atoms with van der Waals surface area (Å²) in [5.41, 5.74) is 7.47. The van der Waals surface area contributed by atoms with E-state index in [-0.39, 0.29) is 5.84 Å². The number of morpholine rings is 1. The van der Waals surface area contributed by atoms with Crippen molar-refractivity contribution in [2.24, 2.45) is 5.73 Å². The van der Waals surface area contributed by atoms with Crippen LogP contribution in [-0.4, -0.2) is 36.0 Å². The second kappa shape index (κ2) is 5.50. The summed E-state index contributed by atoms with van der Waals surface area (Å²) in [7, 11) is 0. The maximum absolute atomic E-state index is 7.36. The predicted molar refractivity (Wildman–Crippen MR) is 72.7 cm³/mol. The number of nitrogens with zero attached hydrogens (tertiary/aromatic N) is 1. The fourth-order valence-electron chi connectivity index (χ4n) is 2.46.